The van der Waals surface area contributed by atoms with Gasteiger partial charge in [-0.2, -0.15) is 0 Å². The van der Waals surface area contributed by atoms with Crippen molar-refractivity contribution < 1.29 is 9.59 Å². The average molecular weight is 397 g/mol. The molecule has 0 bridgehead atoms. The molecule has 4 rings (SSSR count). The molecule has 0 radical (unpaired) electrons. The number of nitrogens with zero attached hydrogens (tertiary/aromatic N) is 1. The van der Waals surface area contributed by atoms with Crippen molar-refractivity contribution in [3.63, 3.8) is 0 Å². The van der Waals surface area contributed by atoms with Crippen molar-refractivity contribution in [1.82, 2.24) is 5.32 Å². The molecule has 1 fully saturated rings. The third kappa shape index (κ3) is 3.79. The van der Waals surface area contributed by atoms with Crippen molar-refractivity contribution in [2.75, 3.05) is 11.4 Å². The van der Waals surface area contributed by atoms with Crippen molar-refractivity contribution in [2.45, 2.75) is 38.6 Å². The Bertz CT molecular complexity index is 882. The summed E-state index contributed by atoms with van der Waals surface area (Å²) in [6.45, 7) is 1.10. The zero-order valence-electron chi connectivity index (χ0n) is 15.9. The number of carbonyl (C=O) groups is 2. The molecule has 1 saturated carbocycles. The van der Waals surface area contributed by atoms with Gasteiger partial charge in [-0.3, -0.25) is 9.59 Å². The van der Waals surface area contributed by atoms with E-state index in [1.54, 1.807) is 0 Å². The second-order valence-electron chi connectivity index (χ2n) is 7.68. The highest BCUT2D eigenvalue weighted by molar-refractivity contribution is 6.31. The van der Waals surface area contributed by atoms with Crippen LogP contribution >= 0.6 is 11.6 Å². The molecule has 1 N–H and O–H groups in total. The summed E-state index contributed by atoms with van der Waals surface area (Å²) >= 11 is 6.19. The van der Waals surface area contributed by atoms with Crippen molar-refractivity contribution in [2.24, 2.45) is 11.8 Å². The highest BCUT2D eigenvalue weighted by Gasteiger charge is 2.39. The fraction of sp³-hybridized carbons (Fsp3) is 0.391. The quantitative estimate of drug-likeness (QED) is 0.835. The second kappa shape index (κ2) is 8.36. The third-order valence-electron chi connectivity index (χ3n) is 5.98. The molecule has 2 unspecified atom stereocenters. The minimum absolute atomic E-state index is 0.0366. The number of hydrogen-bond donors (Lipinski definition) is 1. The number of carbonyl (C=O) groups excluding carboxylic acids is 2. The molecule has 146 valence electrons. The molecule has 1 aliphatic carbocycles. The minimum Gasteiger partial charge on any atom is -0.352 e. The van der Waals surface area contributed by atoms with Crippen molar-refractivity contribution in [3.8, 4) is 0 Å². The predicted octanol–water partition coefficient (Wildman–Crippen LogP) is 4.35. The van der Waals surface area contributed by atoms with Gasteiger partial charge in [0.25, 0.3) is 0 Å². The van der Waals surface area contributed by atoms with Crippen LogP contribution in [0.2, 0.25) is 5.02 Å². The number of halogens is 1. The Morgan fingerprint density at radius 1 is 1.00 bits per heavy atom. The summed E-state index contributed by atoms with van der Waals surface area (Å²) in [5, 5.41) is 3.66. The molecular weight excluding hydrogens is 372 g/mol. The molecule has 1 aliphatic heterocycles. The summed E-state index contributed by atoms with van der Waals surface area (Å²) in [5.41, 5.74) is 3.12. The number of fused-ring (bicyclic) bond motifs is 1. The summed E-state index contributed by atoms with van der Waals surface area (Å²) in [6.07, 6.45) is 4.42. The van der Waals surface area contributed by atoms with Gasteiger partial charge in [-0.15, -0.1) is 0 Å². The zero-order valence-corrected chi connectivity index (χ0v) is 16.6. The van der Waals surface area contributed by atoms with Crippen LogP contribution in [0.25, 0.3) is 0 Å². The molecule has 1 heterocycles. The SMILES string of the molecule is O=C(NCc1ccccc1Cl)C1CCCCC1C(=O)N1CCc2ccccc21. The molecule has 28 heavy (non-hydrogen) atoms. The van der Waals surface area contributed by atoms with E-state index in [0.717, 1.165) is 43.4 Å². The Morgan fingerprint density at radius 2 is 1.71 bits per heavy atom. The number of anilines is 1. The maximum atomic E-state index is 13.3. The van der Waals surface area contributed by atoms with Crippen LogP contribution in [-0.4, -0.2) is 18.4 Å². The Balaban J connectivity index is 1.46. The van der Waals surface area contributed by atoms with E-state index in [-0.39, 0.29) is 23.7 Å². The lowest BCUT2D eigenvalue weighted by molar-refractivity contribution is -0.135. The molecule has 2 aromatic carbocycles. The fourth-order valence-electron chi connectivity index (χ4n) is 4.46. The van der Waals surface area contributed by atoms with Crippen LogP contribution in [-0.2, 0) is 22.6 Å². The van der Waals surface area contributed by atoms with Crippen LogP contribution in [0.4, 0.5) is 5.69 Å². The van der Waals surface area contributed by atoms with E-state index in [1.165, 1.54) is 5.56 Å². The molecule has 2 atom stereocenters. The van der Waals surface area contributed by atoms with Crippen LogP contribution in [0, 0.1) is 11.8 Å². The van der Waals surface area contributed by atoms with Crippen LogP contribution < -0.4 is 10.2 Å². The van der Waals surface area contributed by atoms with Crippen molar-refractivity contribution >= 4 is 29.1 Å². The molecule has 0 spiro atoms. The van der Waals surface area contributed by atoms with Gasteiger partial charge in [-0.25, -0.2) is 0 Å². The largest absolute Gasteiger partial charge is 0.352 e. The van der Waals surface area contributed by atoms with Crippen molar-refractivity contribution in [3.05, 3.63) is 64.7 Å². The number of rotatable bonds is 4. The molecule has 5 heteroatoms. The number of nitrogens with one attached hydrogen (secondary N) is 1. The van der Waals surface area contributed by atoms with E-state index < -0.39 is 0 Å². The van der Waals surface area contributed by atoms with Gasteiger partial charge in [0.2, 0.25) is 11.8 Å². The van der Waals surface area contributed by atoms with E-state index in [1.807, 2.05) is 47.4 Å². The van der Waals surface area contributed by atoms with Gasteiger partial charge in [0.1, 0.15) is 0 Å². The van der Waals surface area contributed by atoms with Gasteiger partial charge in [0, 0.05) is 29.7 Å². The van der Waals surface area contributed by atoms with Crippen LogP contribution in [0.15, 0.2) is 48.5 Å². The van der Waals surface area contributed by atoms with Gasteiger partial charge in [0.05, 0.1) is 5.92 Å². The highest BCUT2D eigenvalue weighted by atomic mass is 35.5. The van der Waals surface area contributed by atoms with Crippen LogP contribution in [0.5, 0.6) is 0 Å². The van der Waals surface area contributed by atoms with Gasteiger partial charge in [-0.05, 0) is 42.5 Å². The van der Waals surface area contributed by atoms with Gasteiger partial charge < -0.3 is 10.2 Å². The first-order chi connectivity index (χ1) is 13.6. The average Bonchev–Trinajstić information content (AvgIpc) is 3.16. The first-order valence-electron chi connectivity index (χ1n) is 10.1. The Morgan fingerprint density at radius 3 is 2.54 bits per heavy atom. The highest BCUT2D eigenvalue weighted by Crippen LogP contribution is 2.36. The summed E-state index contributed by atoms with van der Waals surface area (Å²) in [6, 6.07) is 15.6. The van der Waals surface area contributed by atoms with E-state index in [9.17, 15) is 9.59 Å². The Hall–Kier alpha value is -2.33. The van der Waals surface area contributed by atoms with Crippen LogP contribution in [0.1, 0.15) is 36.8 Å². The maximum absolute atomic E-state index is 13.3. The normalized spacial score (nSPS) is 21.2. The smallest absolute Gasteiger partial charge is 0.230 e. The lowest BCUT2D eigenvalue weighted by Crippen LogP contribution is -2.45. The van der Waals surface area contributed by atoms with Crippen molar-refractivity contribution in [1.29, 1.82) is 0 Å². The summed E-state index contributed by atoms with van der Waals surface area (Å²) in [4.78, 5) is 28.2. The van der Waals surface area contributed by atoms with E-state index in [2.05, 4.69) is 11.4 Å². The van der Waals surface area contributed by atoms with Gasteiger partial charge >= 0.3 is 0 Å². The molecule has 4 nitrogen and oxygen atoms in total. The van der Waals surface area contributed by atoms with Gasteiger partial charge in [-0.1, -0.05) is 60.8 Å². The van der Waals surface area contributed by atoms with E-state index in [0.29, 0.717) is 18.1 Å². The topological polar surface area (TPSA) is 49.4 Å². The summed E-state index contributed by atoms with van der Waals surface area (Å²) < 4.78 is 0. The minimum atomic E-state index is -0.267. The van der Waals surface area contributed by atoms with Crippen LogP contribution in [0.3, 0.4) is 0 Å². The fourth-order valence-corrected chi connectivity index (χ4v) is 4.67. The summed E-state index contributed by atoms with van der Waals surface area (Å²) in [5.74, 6) is -0.448. The number of amides is 2. The lowest BCUT2D eigenvalue weighted by Gasteiger charge is -2.32. The molecular formula is C23H25ClN2O2. The number of para-hydroxylation sites is 1. The zero-order chi connectivity index (χ0) is 19.5. The third-order valence-corrected chi connectivity index (χ3v) is 6.35. The molecule has 0 aromatic heterocycles. The summed E-state index contributed by atoms with van der Waals surface area (Å²) in [7, 11) is 0. The maximum Gasteiger partial charge on any atom is 0.230 e. The van der Waals surface area contributed by atoms with E-state index >= 15 is 0 Å². The standard InChI is InChI=1S/C23H25ClN2O2/c24-20-11-5-1-8-17(20)15-25-22(27)18-9-3-4-10-19(18)23(28)26-14-13-16-7-2-6-12-21(16)26/h1-2,5-8,11-12,18-19H,3-4,9-10,13-15H2,(H,25,27). The molecule has 2 amide bonds. The first kappa shape index (κ1) is 19.0. The molecule has 2 aliphatic rings. The predicted molar refractivity (Wildman–Crippen MR) is 111 cm³/mol. The number of benzene rings is 2. The monoisotopic (exact) mass is 396 g/mol. The Kier molecular flexibility index (Phi) is 5.67. The second-order valence-corrected chi connectivity index (χ2v) is 8.08. The van der Waals surface area contributed by atoms with E-state index in [4.69, 9.17) is 11.6 Å². The van der Waals surface area contributed by atoms with Gasteiger partial charge in [0.15, 0.2) is 0 Å². The lowest BCUT2D eigenvalue weighted by atomic mass is 9.77. The Labute approximate surface area is 170 Å². The molecule has 0 saturated heterocycles. The molecule has 2 aromatic rings. The number of hydrogen-bond acceptors (Lipinski definition) is 2. The first-order valence-corrected chi connectivity index (χ1v) is 10.4.